The molecule has 0 bridgehead atoms. The van der Waals surface area contributed by atoms with Crippen LogP contribution < -0.4 is 5.32 Å². The number of aromatic nitrogens is 2. The molecular formula is C23H18ClN3O5. The zero-order valence-corrected chi connectivity index (χ0v) is 17.5. The Morgan fingerprint density at radius 3 is 2.56 bits per heavy atom. The van der Waals surface area contributed by atoms with Crippen molar-refractivity contribution in [2.45, 2.75) is 19.1 Å². The number of carbonyl (C=O) groups is 2. The van der Waals surface area contributed by atoms with Gasteiger partial charge in [-0.1, -0.05) is 59.2 Å². The lowest BCUT2D eigenvalue weighted by Gasteiger charge is -2.16. The molecule has 4 aromatic rings. The van der Waals surface area contributed by atoms with Crippen LogP contribution in [0.15, 0.2) is 81.9 Å². The third kappa shape index (κ3) is 5.22. The fourth-order valence-electron chi connectivity index (χ4n) is 2.97. The van der Waals surface area contributed by atoms with Gasteiger partial charge in [0.2, 0.25) is 5.82 Å². The normalized spacial score (nSPS) is 11.7. The summed E-state index contributed by atoms with van der Waals surface area (Å²) < 4.78 is 15.7. The van der Waals surface area contributed by atoms with Crippen LogP contribution in [-0.2, 0) is 22.6 Å². The maximum Gasteiger partial charge on any atom is 0.329 e. The van der Waals surface area contributed by atoms with E-state index in [-0.39, 0.29) is 30.5 Å². The van der Waals surface area contributed by atoms with Gasteiger partial charge in [0.15, 0.2) is 12.4 Å². The Labute approximate surface area is 188 Å². The Morgan fingerprint density at radius 2 is 1.81 bits per heavy atom. The smallest absolute Gasteiger partial charge is 0.329 e. The number of rotatable bonds is 8. The van der Waals surface area contributed by atoms with E-state index in [0.717, 1.165) is 5.56 Å². The molecule has 9 heteroatoms. The van der Waals surface area contributed by atoms with Gasteiger partial charge in [-0.25, -0.2) is 4.79 Å². The van der Waals surface area contributed by atoms with Gasteiger partial charge >= 0.3 is 5.97 Å². The zero-order valence-electron chi connectivity index (χ0n) is 16.7. The van der Waals surface area contributed by atoms with Crippen LogP contribution in [0, 0.1) is 0 Å². The molecule has 0 aliphatic rings. The summed E-state index contributed by atoms with van der Waals surface area (Å²) in [6.45, 7) is -0.227. The summed E-state index contributed by atoms with van der Waals surface area (Å²) in [7, 11) is 0. The number of furan rings is 1. The van der Waals surface area contributed by atoms with E-state index in [1.54, 1.807) is 30.3 Å². The molecule has 1 atom stereocenters. The van der Waals surface area contributed by atoms with Crippen LogP contribution in [0.25, 0.3) is 11.5 Å². The van der Waals surface area contributed by atoms with Crippen molar-refractivity contribution >= 4 is 23.5 Å². The van der Waals surface area contributed by atoms with Gasteiger partial charge in [-0.15, -0.1) is 0 Å². The highest BCUT2D eigenvalue weighted by molar-refractivity contribution is 6.33. The van der Waals surface area contributed by atoms with Crippen LogP contribution in [-0.4, -0.2) is 28.1 Å². The Hall–Kier alpha value is -3.91. The third-order valence-electron chi connectivity index (χ3n) is 4.53. The van der Waals surface area contributed by atoms with Crippen molar-refractivity contribution in [2.24, 2.45) is 0 Å². The van der Waals surface area contributed by atoms with E-state index in [4.69, 9.17) is 25.3 Å². The van der Waals surface area contributed by atoms with Crippen molar-refractivity contribution in [1.29, 1.82) is 0 Å². The first-order valence-corrected chi connectivity index (χ1v) is 10.1. The van der Waals surface area contributed by atoms with Gasteiger partial charge in [-0.2, -0.15) is 4.98 Å². The van der Waals surface area contributed by atoms with E-state index < -0.39 is 17.9 Å². The molecule has 32 heavy (non-hydrogen) atoms. The summed E-state index contributed by atoms with van der Waals surface area (Å²) in [5.41, 5.74) is 1.43. The highest BCUT2D eigenvalue weighted by atomic mass is 35.5. The lowest BCUT2D eigenvalue weighted by Crippen LogP contribution is -2.43. The molecular weight excluding hydrogens is 434 g/mol. The highest BCUT2D eigenvalue weighted by Crippen LogP contribution is 2.25. The molecule has 0 spiro atoms. The summed E-state index contributed by atoms with van der Waals surface area (Å²) in [6.07, 6.45) is 1.62. The molecule has 0 unspecified atom stereocenters. The van der Waals surface area contributed by atoms with Crippen molar-refractivity contribution in [2.75, 3.05) is 0 Å². The molecule has 2 heterocycles. The highest BCUT2D eigenvalue weighted by Gasteiger charge is 2.25. The minimum atomic E-state index is -0.940. The minimum absolute atomic E-state index is 0.0958. The number of carbonyl (C=O) groups excluding carboxylic acids is 2. The molecule has 2 aromatic heterocycles. The van der Waals surface area contributed by atoms with Crippen LogP contribution in [0.4, 0.5) is 0 Å². The predicted molar refractivity (Wildman–Crippen MR) is 115 cm³/mol. The van der Waals surface area contributed by atoms with Gasteiger partial charge in [-0.3, -0.25) is 4.79 Å². The minimum Gasteiger partial charge on any atom is -0.459 e. The molecule has 1 amide bonds. The van der Waals surface area contributed by atoms with E-state index in [2.05, 4.69) is 15.5 Å². The number of ether oxygens (including phenoxy) is 1. The SMILES string of the molecule is O=C(N[C@@H](Cc1ccccc1)C(=O)OCc1noc(-c2ccccc2Cl)n1)c1ccco1. The fourth-order valence-corrected chi connectivity index (χ4v) is 3.19. The van der Waals surface area contributed by atoms with Crippen molar-refractivity contribution in [1.82, 2.24) is 15.5 Å². The van der Waals surface area contributed by atoms with E-state index in [9.17, 15) is 9.59 Å². The molecule has 0 saturated heterocycles. The van der Waals surface area contributed by atoms with Crippen LogP contribution in [0.3, 0.4) is 0 Å². The largest absolute Gasteiger partial charge is 0.459 e. The number of nitrogens with one attached hydrogen (secondary N) is 1. The molecule has 8 nitrogen and oxygen atoms in total. The summed E-state index contributed by atoms with van der Waals surface area (Å²) >= 11 is 6.14. The zero-order chi connectivity index (χ0) is 22.3. The number of hydrogen-bond acceptors (Lipinski definition) is 7. The molecule has 2 aromatic carbocycles. The van der Waals surface area contributed by atoms with Gasteiger partial charge in [0, 0.05) is 6.42 Å². The maximum absolute atomic E-state index is 12.8. The predicted octanol–water partition coefficient (Wildman–Crippen LogP) is 4.07. The second-order valence-corrected chi connectivity index (χ2v) is 7.20. The lowest BCUT2D eigenvalue weighted by atomic mass is 10.1. The maximum atomic E-state index is 12.8. The van der Waals surface area contributed by atoms with Crippen LogP contribution in [0.2, 0.25) is 5.02 Å². The molecule has 0 aliphatic carbocycles. The lowest BCUT2D eigenvalue weighted by molar-refractivity contribution is -0.147. The van der Waals surface area contributed by atoms with Crippen molar-refractivity contribution in [3.63, 3.8) is 0 Å². The fraction of sp³-hybridized carbons (Fsp3) is 0.130. The molecule has 0 radical (unpaired) electrons. The number of nitrogens with zero attached hydrogens (tertiary/aromatic N) is 2. The Bertz CT molecular complexity index is 1190. The molecule has 0 saturated carbocycles. The number of halogens is 1. The van der Waals surface area contributed by atoms with Crippen molar-refractivity contribution in [3.8, 4) is 11.5 Å². The third-order valence-corrected chi connectivity index (χ3v) is 4.86. The van der Waals surface area contributed by atoms with E-state index in [0.29, 0.717) is 10.6 Å². The number of esters is 1. The van der Waals surface area contributed by atoms with E-state index >= 15 is 0 Å². The molecule has 0 aliphatic heterocycles. The standard InChI is InChI=1S/C23H18ClN3O5/c24-17-10-5-4-9-16(17)22-26-20(27-32-22)14-31-23(29)18(13-15-7-2-1-3-8-15)25-21(28)19-11-6-12-30-19/h1-12,18H,13-14H2,(H,25,28)/t18-/m0/s1. The van der Waals surface area contributed by atoms with Crippen LogP contribution >= 0.6 is 11.6 Å². The van der Waals surface area contributed by atoms with Gasteiger partial charge in [-0.05, 0) is 29.8 Å². The Balaban J connectivity index is 1.44. The van der Waals surface area contributed by atoms with E-state index in [1.165, 1.54) is 12.3 Å². The quantitative estimate of drug-likeness (QED) is 0.402. The summed E-state index contributed by atoms with van der Waals surface area (Å²) in [6, 6.07) is 18.5. The van der Waals surface area contributed by atoms with Crippen molar-refractivity contribution < 1.29 is 23.3 Å². The average molecular weight is 452 g/mol. The average Bonchev–Trinajstić information content (AvgIpc) is 3.51. The van der Waals surface area contributed by atoms with Gasteiger partial charge in [0.1, 0.15) is 6.04 Å². The van der Waals surface area contributed by atoms with E-state index in [1.807, 2.05) is 30.3 Å². The van der Waals surface area contributed by atoms with Gasteiger partial charge in [0.05, 0.1) is 16.8 Å². The second kappa shape index (κ2) is 9.93. The first-order valence-electron chi connectivity index (χ1n) is 9.72. The van der Waals surface area contributed by atoms with Crippen LogP contribution in [0.1, 0.15) is 21.9 Å². The Kier molecular flexibility index (Phi) is 6.62. The van der Waals surface area contributed by atoms with Crippen molar-refractivity contribution in [3.05, 3.63) is 95.2 Å². The first-order chi connectivity index (χ1) is 15.6. The monoisotopic (exact) mass is 451 g/mol. The van der Waals surface area contributed by atoms with Crippen LogP contribution in [0.5, 0.6) is 0 Å². The molecule has 162 valence electrons. The molecule has 4 rings (SSSR count). The second-order valence-electron chi connectivity index (χ2n) is 6.80. The molecule has 0 fully saturated rings. The number of benzene rings is 2. The topological polar surface area (TPSA) is 107 Å². The van der Waals surface area contributed by atoms with Gasteiger partial charge < -0.3 is 19.0 Å². The number of amides is 1. The summed E-state index contributed by atoms with van der Waals surface area (Å²) in [5, 5.41) is 6.94. The number of hydrogen-bond donors (Lipinski definition) is 1. The molecule has 1 N–H and O–H groups in total. The summed E-state index contributed by atoms with van der Waals surface area (Å²) in [4.78, 5) is 29.4. The Morgan fingerprint density at radius 1 is 1.03 bits per heavy atom. The summed E-state index contributed by atoms with van der Waals surface area (Å²) in [5.74, 6) is -0.678. The first kappa shape index (κ1) is 21.3. The van der Waals surface area contributed by atoms with Gasteiger partial charge in [0.25, 0.3) is 11.8 Å².